The summed E-state index contributed by atoms with van der Waals surface area (Å²) in [5.41, 5.74) is 6.17. The summed E-state index contributed by atoms with van der Waals surface area (Å²) in [6.07, 6.45) is 1.78. The van der Waals surface area contributed by atoms with Crippen molar-refractivity contribution in [1.82, 2.24) is 20.0 Å². The highest BCUT2D eigenvalue weighted by Crippen LogP contribution is 2.30. The van der Waals surface area contributed by atoms with Crippen molar-refractivity contribution in [3.05, 3.63) is 94.9 Å². The molecule has 3 aromatic carbocycles. The highest BCUT2D eigenvalue weighted by atomic mass is 79.9. The second-order valence-electron chi connectivity index (χ2n) is 6.49. The normalized spacial score (nSPS) is 10.9. The van der Waals surface area contributed by atoms with Crippen LogP contribution < -0.4 is 0 Å². The van der Waals surface area contributed by atoms with Crippen LogP contribution in [0.1, 0.15) is 0 Å². The first kappa shape index (κ1) is 18.0. The molecule has 0 spiro atoms. The van der Waals surface area contributed by atoms with E-state index in [-0.39, 0.29) is 0 Å². The van der Waals surface area contributed by atoms with Crippen LogP contribution in [0, 0.1) is 0 Å². The van der Waals surface area contributed by atoms with Crippen LogP contribution >= 0.6 is 27.3 Å². The second-order valence-corrected chi connectivity index (χ2v) is 8.26. The Hall–Kier alpha value is -3.09. The van der Waals surface area contributed by atoms with Crippen LogP contribution in [-0.4, -0.2) is 20.0 Å². The fraction of sp³-hybridized carbons (Fsp3) is 0. The van der Waals surface area contributed by atoms with E-state index in [0.717, 1.165) is 43.2 Å². The van der Waals surface area contributed by atoms with E-state index in [9.17, 15) is 0 Å². The molecule has 0 atom stereocenters. The molecule has 2 aromatic heterocycles. The van der Waals surface area contributed by atoms with E-state index in [4.69, 9.17) is 4.98 Å². The minimum Gasteiger partial charge on any atom is -0.236 e. The van der Waals surface area contributed by atoms with Gasteiger partial charge < -0.3 is 0 Å². The zero-order chi connectivity index (χ0) is 19.6. The Balaban J connectivity index is 1.44. The molecular formula is C23H15BrN4S. The zero-order valence-corrected chi connectivity index (χ0v) is 17.6. The fourth-order valence-electron chi connectivity index (χ4n) is 3.14. The third-order valence-corrected chi connectivity index (χ3v) is 6.04. The van der Waals surface area contributed by atoms with Gasteiger partial charge in [-0.25, -0.2) is 9.67 Å². The van der Waals surface area contributed by atoms with Gasteiger partial charge in [-0.1, -0.05) is 75.7 Å². The number of halogens is 1. The molecule has 0 fully saturated rings. The molecule has 6 heteroatoms. The molecule has 5 aromatic rings. The number of aromatic nitrogens is 4. The van der Waals surface area contributed by atoms with Gasteiger partial charge in [0.25, 0.3) is 0 Å². The number of hydrogen-bond donors (Lipinski definition) is 0. The van der Waals surface area contributed by atoms with Gasteiger partial charge in [0.1, 0.15) is 5.01 Å². The Morgan fingerprint density at radius 3 is 2.24 bits per heavy atom. The van der Waals surface area contributed by atoms with Gasteiger partial charge in [0.15, 0.2) is 0 Å². The van der Waals surface area contributed by atoms with E-state index < -0.39 is 0 Å². The maximum absolute atomic E-state index is 4.80. The summed E-state index contributed by atoms with van der Waals surface area (Å²) in [6.45, 7) is 0. The largest absolute Gasteiger partial charge is 0.236 e. The topological polar surface area (TPSA) is 43.6 Å². The molecule has 0 saturated heterocycles. The van der Waals surface area contributed by atoms with E-state index in [1.54, 1.807) is 17.5 Å². The first-order chi connectivity index (χ1) is 14.3. The molecule has 0 amide bonds. The Morgan fingerprint density at radius 1 is 0.759 bits per heavy atom. The lowest BCUT2D eigenvalue weighted by Gasteiger charge is -2.07. The van der Waals surface area contributed by atoms with E-state index >= 15 is 0 Å². The van der Waals surface area contributed by atoms with Crippen LogP contribution in [0.4, 0.5) is 0 Å². The summed E-state index contributed by atoms with van der Waals surface area (Å²) in [5.74, 6) is 0. The summed E-state index contributed by atoms with van der Waals surface area (Å²) in [5, 5.41) is 11.5. The monoisotopic (exact) mass is 458 g/mol. The number of rotatable bonds is 4. The molecule has 0 N–H and O–H groups in total. The van der Waals surface area contributed by atoms with Gasteiger partial charge in [0.05, 0.1) is 23.3 Å². The average molecular weight is 459 g/mol. The second kappa shape index (κ2) is 7.73. The lowest BCUT2D eigenvalue weighted by Crippen LogP contribution is -1.99. The molecule has 140 valence electrons. The highest BCUT2D eigenvalue weighted by Gasteiger charge is 2.10. The van der Waals surface area contributed by atoms with Crippen LogP contribution in [-0.2, 0) is 0 Å². The van der Waals surface area contributed by atoms with Crippen LogP contribution in [0.3, 0.4) is 0 Å². The minimum atomic E-state index is 0.949. The molecule has 2 heterocycles. The van der Waals surface area contributed by atoms with Crippen LogP contribution in [0.25, 0.3) is 38.8 Å². The Kier molecular flexibility index (Phi) is 4.79. The molecule has 0 saturated carbocycles. The SMILES string of the molecule is Brc1ccc(-c2cnnn2-c2ccc(-c3csc(-c4ccccc4)n3)cc2)cc1. The van der Waals surface area contributed by atoms with Crippen molar-refractivity contribution in [2.45, 2.75) is 0 Å². The first-order valence-electron chi connectivity index (χ1n) is 9.06. The summed E-state index contributed by atoms with van der Waals surface area (Å²) >= 11 is 5.13. The van der Waals surface area contributed by atoms with Crippen molar-refractivity contribution in [3.63, 3.8) is 0 Å². The quantitative estimate of drug-likeness (QED) is 0.309. The van der Waals surface area contributed by atoms with Crippen LogP contribution in [0.5, 0.6) is 0 Å². The van der Waals surface area contributed by atoms with Gasteiger partial charge in [-0.15, -0.1) is 16.4 Å². The molecule has 0 bridgehead atoms. The predicted molar refractivity (Wildman–Crippen MR) is 121 cm³/mol. The lowest BCUT2D eigenvalue weighted by atomic mass is 10.1. The maximum atomic E-state index is 4.80. The van der Waals surface area contributed by atoms with Gasteiger partial charge >= 0.3 is 0 Å². The smallest absolute Gasteiger partial charge is 0.124 e. The Morgan fingerprint density at radius 2 is 1.48 bits per heavy atom. The van der Waals surface area contributed by atoms with Gasteiger partial charge in [0, 0.05) is 26.5 Å². The first-order valence-corrected chi connectivity index (χ1v) is 10.7. The van der Waals surface area contributed by atoms with Gasteiger partial charge in [0.2, 0.25) is 0 Å². The number of benzene rings is 3. The lowest BCUT2D eigenvalue weighted by molar-refractivity contribution is 0.808. The van der Waals surface area contributed by atoms with Crippen LogP contribution in [0.15, 0.2) is 94.9 Å². The standard InChI is InChI=1S/C23H15BrN4S/c24-19-10-6-17(7-11-19)22-14-25-27-28(22)20-12-8-16(9-13-20)21-15-29-23(26-21)18-4-2-1-3-5-18/h1-15H. The van der Waals surface area contributed by atoms with Crippen molar-refractivity contribution < 1.29 is 0 Å². The van der Waals surface area contributed by atoms with Crippen molar-refractivity contribution >= 4 is 27.3 Å². The highest BCUT2D eigenvalue weighted by molar-refractivity contribution is 9.10. The number of nitrogens with zero attached hydrogens (tertiary/aromatic N) is 4. The third-order valence-electron chi connectivity index (χ3n) is 4.62. The minimum absolute atomic E-state index is 0.949. The molecule has 0 aliphatic rings. The molecule has 0 aliphatic carbocycles. The van der Waals surface area contributed by atoms with E-state index in [1.807, 2.05) is 59.3 Å². The molecule has 0 radical (unpaired) electrons. The molecule has 5 rings (SSSR count). The van der Waals surface area contributed by atoms with Crippen molar-refractivity contribution in [2.24, 2.45) is 0 Å². The number of thiazole rings is 1. The predicted octanol–water partition coefficient (Wildman–Crippen LogP) is 6.49. The molecule has 4 nitrogen and oxygen atoms in total. The number of hydrogen-bond acceptors (Lipinski definition) is 4. The van der Waals surface area contributed by atoms with Gasteiger partial charge in [-0.2, -0.15) is 0 Å². The molecule has 0 unspecified atom stereocenters. The zero-order valence-electron chi connectivity index (χ0n) is 15.2. The molecule has 0 aliphatic heterocycles. The van der Waals surface area contributed by atoms with Gasteiger partial charge in [-0.3, -0.25) is 0 Å². The van der Waals surface area contributed by atoms with Crippen molar-refractivity contribution in [1.29, 1.82) is 0 Å². The summed E-state index contributed by atoms with van der Waals surface area (Å²) in [6, 6.07) is 26.6. The summed E-state index contributed by atoms with van der Waals surface area (Å²) in [7, 11) is 0. The maximum Gasteiger partial charge on any atom is 0.124 e. The van der Waals surface area contributed by atoms with E-state index in [0.29, 0.717) is 0 Å². The molecule has 29 heavy (non-hydrogen) atoms. The van der Waals surface area contributed by atoms with Crippen molar-refractivity contribution in [3.8, 4) is 38.8 Å². The Labute approximate surface area is 180 Å². The average Bonchev–Trinajstić information content (AvgIpc) is 3.45. The summed E-state index contributed by atoms with van der Waals surface area (Å²) < 4.78 is 2.89. The molecular weight excluding hydrogens is 444 g/mol. The Bertz CT molecular complexity index is 1240. The fourth-order valence-corrected chi connectivity index (χ4v) is 4.24. The van der Waals surface area contributed by atoms with E-state index in [2.05, 4.69) is 55.9 Å². The van der Waals surface area contributed by atoms with Crippen molar-refractivity contribution in [2.75, 3.05) is 0 Å². The third kappa shape index (κ3) is 3.64. The van der Waals surface area contributed by atoms with Crippen LogP contribution in [0.2, 0.25) is 0 Å². The van der Waals surface area contributed by atoms with E-state index in [1.165, 1.54) is 0 Å². The summed E-state index contributed by atoms with van der Waals surface area (Å²) in [4.78, 5) is 4.80. The van der Waals surface area contributed by atoms with Gasteiger partial charge in [-0.05, 0) is 24.3 Å².